The molecule has 1 saturated carbocycles. The Kier molecular flexibility index (Phi) is 6.44. The van der Waals surface area contributed by atoms with Crippen LogP contribution in [-0.4, -0.2) is 41.8 Å². The third-order valence-corrected chi connectivity index (χ3v) is 6.37. The number of nitrogens with one attached hydrogen (secondary N) is 2. The highest BCUT2D eigenvalue weighted by molar-refractivity contribution is 5.82. The Labute approximate surface area is 187 Å². The van der Waals surface area contributed by atoms with Gasteiger partial charge in [0.1, 0.15) is 6.61 Å². The lowest BCUT2D eigenvalue weighted by molar-refractivity contribution is -0.137. The third-order valence-electron chi connectivity index (χ3n) is 6.37. The number of carbonyl (C=O) groups excluding carboxylic acids is 2. The zero-order valence-electron chi connectivity index (χ0n) is 18.0. The maximum atomic E-state index is 12.6. The molecule has 0 aromatic heterocycles. The Balaban J connectivity index is 1.35. The minimum absolute atomic E-state index is 0.0207. The predicted octanol–water partition coefficient (Wildman–Crippen LogP) is 3.67. The molecule has 1 unspecified atom stereocenters. The fourth-order valence-electron chi connectivity index (χ4n) is 4.90. The molecule has 2 amide bonds. The fourth-order valence-corrected chi connectivity index (χ4v) is 4.90. The van der Waals surface area contributed by atoms with Crippen molar-refractivity contribution >= 4 is 18.0 Å². The minimum Gasteiger partial charge on any atom is -0.481 e. The van der Waals surface area contributed by atoms with Gasteiger partial charge in [-0.2, -0.15) is 0 Å². The molecule has 3 atom stereocenters. The normalized spacial score (nSPS) is 20.2. The van der Waals surface area contributed by atoms with Gasteiger partial charge in [0.05, 0.1) is 12.3 Å². The van der Waals surface area contributed by atoms with Crippen molar-refractivity contribution in [3.8, 4) is 11.1 Å². The van der Waals surface area contributed by atoms with Crippen LogP contribution in [0.3, 0.4) is 0 Å². The molecule has 32 heavy (non-hydrogen) atoms. The first kappa shape index (κ1) is 21.9. The van der Waals surface area contributed by atoms with E-state index in [1.54, 1.807) is 6.92 Å². The number of alkyl carbamates (subject to hydrolysis) is 1. The van der Waals surface area contributed by atoms with Crippen LogP contribution in [0.1, 0.15) is 49.7 Å². The molecule has 0 saturated heterocycles. The number of carbonyl (C=O) groups is 3. The van der Waals surface area contributed by atoms with Crippen LogP contribution in [-0.2, 0) is 14.3 Å². The van der Waals surface area contributed by atoms with Crippen molar-refractivity contribution in [2.75, 3.05) is 6.61 Å². The van der Waals surface area contributed by atoms with Gasteiger partial charge < -0.3 is 20.5 Å². The highest BCUT2D eigenvalue weighted by Crippen LogP contribution is 2.44. The van der Waals surface area contributed by atoms with Crippen molar-refractivity contribution in [1.82, 2.24) is 10.6 Å². The summed E-state index contributed by atoms with van der Waals surface area (Å²) in [4.78, 5) is 36.0. The highest BCUT2D eigenvalue weighted by Gasteiger charge is 2.35. The lowest BCUT2D eigenvalue weighted by atomic mass is 9.98. The molecule has 0 spiro atoms. The number of amides is 2. The zero-order chi connectivity index (χ0) is 22.7. The van der Waals surface area contributed by atoms with Gasteiger partial charge in [-0.1, -0.05) is 55.0 Å². The molecule has 4 rings (SSSR count). The summed E-state index contributed by atoms with van der Waals surface area (Å²) in [5, 5.41) is 14.5. The number of carboxylic acids is 1. The Bertz CT molecular complexity index is 975. The molecule has 2 aromatic rings. The molecule has 3 N–H and O–H groups in total. The molecule has 0 aliphatic heterocycles. The van der Waals surface area contributed by atoms with Crippen LogP contribution in [0, 0.1) is 5.92 Å². The summed E-state index contributed by atoms with van der Waals surface area (Å²) in [6.07, 6.45) is 1.49. The van der Waals surface area contributed by atoms with Crippen molar-refractivity contribution in [3.63, 3.8) is 0 Å². The molecule has 2 aromatic carbocycles. The van der Waals surface area contributed by atoms with Crippen molar-refractivity contribution in [1.29, 1.82) is 0 Å². The average molecular weight is 437 g/mol. The lowest BCUT2D eigenvalue weighted by Gasteiger charge is -2.22. The first-order chi connectivity index (χ1) is 15.4. The van der Waals surface area contributed by atoms with Gasteiger partial charge in [-0.3, -0.25) is 9.59 Å². The highest BCUT2D eigenvalue weighted by atomic mass is 16.5. The molecule has 2 aliphatic rings. The number of benzene rings is 2. The maximum Gasteiger partial charge on any atom is 0.407 e. The van der Waals surface area contributed by atoms with Crippen molar-refractivity contribution in [2.45, 2.75) is 50.6 Å². The second kappa shape index (κ2) is 9.42. The predicted molar refractivity (Wildman–Crippen MR) is 119 cm³/mol. The quantitative estimate of drug-likeness (QED) is 0.614. The van der Waals surface area contributed by atoms with E-state index < -0.39 is 18.1 Å². The van der Waals surface area contributed by atoms with Gasteiger partial charge in [-0.05, 0) is 42.0 Å². The van der Waals surface area contributed by atoms with Crippen LogP contribution < -0.4 is 10.6 Å². The van der Waals surface area contributed by atoms with E-state index in [2.05, 4.69) is 34.9 Å². The monoisotopic (exact) mass is 436 g/mol. The van der Waals surface area contributed by atoms with E-state index in [0.717, 1.165) is 17.5 Å². The number of ether oxygens (including phenoxy) is 1. The number of carboxylic acid groups (broad SMARTS) is 1. The number of hydrogen-bond acceptors (Lipinski definition) is 4. The van der Waals surface area contributed by atoms with E-state index in [9.17, 15) is 14.4 Å². The molecular weight excluding hydrogens is 408 g/mol. The molecule has 0 bridgehead atoms. The van der Waals surface area contributed by atoms with Gasteiger partial charge in [0.2, 0.25) is 5.91 Å². The van der Waals surface area contributed by atoms with Crippen LogP contribution in [0.4, 0.5) is 4.79 Å². The van der Waals surface area contributed by atoms with Crippen LogP contribution in [0.5, 0.6) is 0 Å². The Morgan fingerprint density at radius 3 is 2.28 bits per heavy atom. The van der Waals surface area contributed by atoms with Gasteiger partial charge in [-0.25, -0.2) is 4.79 Å². The van der Waals surface area contributed by atoms with Crippen LogP contribution in [0.2, 0.25) is 0 Å². The third kappa shape index (κ3) is 4.61. The van der Waals surface area contributed by atoms with E-state index in [4.69, 9.17) is 9.84 Å². The Morgan fingerprint density at radius 1 is 1.03 bits per heavy atom. The molecule has 7 heteroatoms. The van der Waals surface area contributed by atoms with Gasteiger partial charge in [0.25, 0.3) is 0 Å². The van der Waals surface area contributed by atoms with Crippen molar-refractivity contribution < 1.29 is 24.2 Å². The van der Waals surface area contributed by atoms with E-state index in [-0.39, 0.29) is 36.8 Å². The van der Waals surface area contributed by atoms with Crippen molar-refractivity contribution in [3.05, 3.63) is 59.7 Å². The van der Waals surface area contributed by atoms with Gasteiger partial charge in [-0.15, -0.1) is 0 Å². The number of hydrogen-bond donors (Lipinski definition) is 3. The average Bonchev–Trinajstić information content (AvgIpc) is 3.34. The van der Waals surface area contributed by atoms with Crippen LogP contribution in [0.15, 0.2) is 48.5 Å². The van der Waals surface area contributed by atoms with Crippen LogP contribution >= 0.6 is 0 Å². The summed E-state index contributed by atoms with van der Waals surface area (Å²) in [6, 6.07) is 15.5. The summed E-state index contributed by atoms with van der Waals surface area (Å²) in [6.45, 7) is 1.88. The molecule has 168 valence electrons. The topological polar surface area (TPSA) is 105 Å². The van der Waals surface area contributed by atoms with E-state index >= 15 is 0 Å². The summed E-state index contributed by atoms with van der Waals surface area (Å²) in [5.41, 5.74) is 4.62. The Morgan fingerprint density at radius 2 is 1.66 bits per heavy atom. The number of rotatable bonds is 7. The van der Waals surface area contributed by atoms with Gasteiger partial charge in [0, 0.05) is 18.0 Å². The second-order valence-corrected chi connectivity index (χ2v) is 8.62. The van der Waals surface area contributed by atoms with Gasteiger partial charge in [0.15, 0.2) is 0 Å². The summed E-state index contributed by atoms with van der Waals surface area (Å²) >= 11 is 0. The lowest BCUT2D eigenvalue weighted by Crippen LogP contribution is -2.46. The number of fused-ring (bicyclic) bond motifs is 3. The number of aliphatic carboxylic acids is 1. The molecule has 0 radical (unpaired) electrons. The zero-order valence-corrected chi connectivity index (χ0v) is 18.0. The summed E-state index contributed by atoms with van der Waals surface area (Å²) in [5.74, 6) is -1.59. The fraction of sp³-hybridized carbons (Fsp3) is 0.400. The summed E-state index contributed by atoms with van der Waals surface area (Å²) in [7, 11) is 0. The molecule has 0 heterocycles. The Hall–Kier alpha value is -3.35. The maximum absolute atomic E-state index is 12.6. The summed E-state index contributed by atoms with van der Waals surface area (Å²) < 4.78 is 5.60. The van der Waals surface area contributed by atoms with E-state index in [1.165, 1.54) is 11.1 Å². The van der Waals surface area contributed by atoms with Gasteiger partial charge >= 0.3 is 12.1 Å². The first-order valence-corrected chi connectivity index (χ1v) is 11.1. The molecule has 1 fully saturated rings. The molecular formula is C25H28N2O5. The SMILES string of the molecule is CC(CC(=O)O)NC(=O)[C@@H]1CCC[C@@H]1NC(=O)OCC1c2ccccc2-c2ccccc21. The van der Waals surface area contributed by atoms with E-state index in [0.29, 0.717) is 12.8 Å². The van der Waals surface area contributed by atoms with Crippen LogP contribution in [0.25, 0.3) is 11.1 Å². The second-order valence-electron chi connectivity index (χ2n) is 8.62. The first-order valence-electron chi connectivity index (χ1n) is 11.1. The molecule has 7 nitrogen and oxygen atoms in total. The smallest absolute Gasteiger partial charge is 0.407 e. The minimum atomic E-state index is -0.961. The van der Waals surface area contributed by atoms with E-state index in [1.807, 2.05) is 24.3 Å². The largest absolute Gasteiger partial charge is 0.481 e. The van der Waals surface area contributed by atoms with Crippen molar-refractivity contribution in [2.24, 2.45) is 5.92 Å². The molecule has 2 aliphatic carbocycles. The standard InChI is InChI=1S/C25H28N2O5/c1-15(13-23(28)29)26-24(30)20-11-6-12-22(20)27-25(31)32-14-21-18-9-4-2-7-16(18)17-8-3-5-10-19(17)21/h2-5,7-10,15,20-22H,6,11-14H2,1H3,(H,26,30)(H,27,31)(H,28,29)/t15?,20-,22+/m1/s1.